The number of likely N-dealkylation sites (N-methyl/N-ethyl adjacent to an activating group) is 1. The molecule has 0 bridgehead atoms. The van der Waals surface area contributed by atoms with Gasteiger partial charge in [-0.3, -0.25) is 9.59 Å². The molecule has 2 aliphatic rings. The molecule has 0 radical (unpaired) electrons. The molecule has 0 aromatic heterocycles. The number of anilines is 1. The van der Waals surface area contributed by atoms with Crippen LogP contribution in [0.2, 0.25) is 5.02 Å². The van der Waals surface area contributed by atoms with Gasteiger partial charge in [-0.05, 0) is 61.2 Å². The molecule has 7 heteroatoms. The second-order valence-electron chi connectivity index (χ2n) is 7.71. The average Bonchev–Trinajstić information content (AvgIpc) is 2.78. The van der Waals surface area contributed by atoms with Gasteiger partial charge in [0, 0.05) is 35.9 Å². The molecule has 2 amide bonds. The number of carbonyl (C=O) groups excluding carboxylic acids is 2. The summed E-state index contributed by atoms with van der Waals surface area (Å²) in [7, 11) is 4.85. The SMILES string of the molecule is COc1cc2c(cc1OC)C(C(=O)N(C)c1ccc(Cl)cc1)C1CCCCN1C2=O. The number of carbonyl (C=O) groups is 2. The zero-order valence-electron chi connectivity index (χ0n) is 17.4. The van der Waals surface area contributed by atoms with Crippen LogP contribution in [0.1, 0.15) is 41.1 Å². The lowest BCUT2D eigenvalue weighted by atomic mass is 9.78. The molecule has 2 atom stereocenters. The molecule has 158 valence electrons. The fourth-order valence-corrected chi connectivity index (χ4v) is 4.68. The van der Waals surface area contributed by atoms with E-state index in [1.807, 2.05) is 17.0 Å². The van der Waals surface area contributed by atoms with Gasteiger partial charge in [0.1, 0.15) is 0 Å². The molecule has 6 nitrogen and oxygen atoms in total. The Morgan fingerprint density at radius 3 is 2.43 bits per heavy atom. The lowest BCUT2D eigenvalue weighted by Gasteiger charge is -2.45. The van der Waals surface area contributed by atoms with Crippen molar-refractivity contribution in [2.24, 2.45) is 0 Å². The van der Waals surface area contributed by atoms with E-state index >= 15 is 0 Å². The maximum absolute atomic E-state index is 13.7. The number of halogens is 1. The largest absolute Gasteiger partial charge is 0.493 e. The number of ether oxygens (including phenoxy) is 2. The number of piperidine rings is 1. The second-order valence-corrected chi connectivity index (χ2v) is 8.14. The van der Waals surface area contributed by atoms with Crippen LogP contribution >= 0.6 is 11.6 Å². The lowest BCUT2D eigenvalue weighted by Crippen LogP contribution is -2.54. The summed E-state index contributed by atoms with van der Waals surface area (Å²) in [5.74, 6) is 0.417. The summed E-state index contributed by atoms with van der Waals surface area (Å²) in [4.78, 5) is 30.5. The smallest absolute Gasteiger partial charge is 0.254 e. The molecule has 0 saturated carbocycles. The van der Waals surface area contributed by atoms with E-state index in [1.165, 1.54) is 7.11 Å². The first-order valence-corrected chi connectivity index (χ1v) is 10.4. The van der Waals surface area contributed by atoms with Crippen LogP contribution in [0, 0.1) is 0 Å². The van der Waals surface area contributed by atoms with Crippen molar-refractivity contribution in [2.45, 2.75) is 31.2 Å². The molecule has 2 unspecified atom stereocenters. The summed E-state index contributed by atoms with van der Waals surface area (Å²) in [6, 6.07) is 10.5. The first kappa shape index (κ1) is 20.5. The molecule has 2 aromatic carbocycles. The van der Waals surface area contributed by atoms with E-state index in [0.717, 1.165) is 24.9 Å². The van der Waals surface area contributed by atoms with Crippen LogP contribution in [-0.2, 0) is 4.79 Å². The number of fused-ring (bicyclic) bond motifs is 2. The highest BCUT2D eigenvalue weighted by Crippen LogP contribution is 2.43. The lowest BCUT2D eigenvalue weighted by molar-refractivity contribution is -0.121. The minimum Gasteiger partial charge on any atom is -0.493 e. The van der Waals surface area contributed by atoms with E-state index in [9.17, 15) is 9.59 Å². The third-order valence-electron chi connectivity index (χ3n) is 6.13. The molecule has 1 fully saturated rings. The summed E-state index contributed by atoms with van der Waals surface area (Å²) in [5.41, 5.74) is 1.96. The first-order chi connectivity index (χ1) is 14.5. The molecule has 4 rings (SSSR count). The molecule has 2 heterocycles. The number of nitrogens with zero attached hydrogens (tertiary/aromatic N) is 2. The van der Waals surface area contributed by atoms with Gasteiger partial charge in [0.15, 0.2) is 11.5 Å². The monoisotopic (exact) mass is 428 g/mol. The van der Waals surface area contributed by atoms with Crippen LogP contribution in [-0.4, -0.2) is 50.6 Å². The molecular weight excluding hydrogens is 404 g/mol. The van der Waals surface area contributed by atoms with Crippen LogP contribution in [0.15, 0.2) is 36.4 Å². The Morgan fingerprint density at radius 2 is 1.77 bits per heavy atom. The van der Waals surface area contributed by atoms with Gasteiger partial charge in [0.25, 0.3) is 5.91 Å². The molecule has 2 aromatic rings. The van der Waals surface area contributed by atoms with Gasteiger partial charge >= 0.3 is 0 Å². The minimum atomic E-state index is -0.474. The summed E-state index contributed by atoms with van der Waals surface area (Å²) < 4.78 is 10.9. The van der Waals surface area contributed by atoms with E-state index in [0.29, 0.717) is 34.2 Å². The standard InChI is InChI=1S/C23H25ClN2O4/c1-25(15-9-7-14(24)8-10-15)23(28)21-16-12-19(29-2)20(30-3)13-17(16)22(27)26-11-5-4-6-18(21)26/h7-10,12-13,18,21H,4-6,11H2,1-3H3. The van der Waals surface area contributed by atoms with Crippen LogP contribution in [0.4, 0.5) is 5.69 Å². The minimum absolute atomic E-state index is 0.0474. The van der Waals surface area contributed by atoms with Crippen LogP contribution in [0.3, 0.4) is 0 Å². The van der Waals surface area contributed by atoms with E-state index < -0.39 is 5.92 Å². The Morgan fingerprint density at radius 1 is 1.10 bits per heavy atom. The Balaban J connectivity index is 1.82. The Hall–Kier alpha value is -2.73. The van der Waals surface area contributed by atoms with Crippen LogP contribution in [0.25, 0.3) is 0 Å². The van der Waals surface area contributed by atoms with E-state index in [4.69, 9.17) is 21.1 Å². The van der Waals surface area contributed by atoms with Gasteiger partial charge in [0.05, 0.1) is 20.1 Å². The topological polar surface area (TPSA) is 59.1 Å². The molecule has 0 spiro atoms. The van der Waals surface area contributed by atoms with Gasteiger partial charge in [-0.15, -0.1) is 0 Å². The predicted molar refractivity (Wildman–Crippen MR) is 116 cm³/mol. The number of benzene rings is 2. The van der Waals surface area contributed by atoms with Gasteiger partial charge in [-0.25, -0.2) is 0 Å². The summed E-state index contributed by atoms with van der Waals surface area (Å²) >= 11 is 6.01. The Bertz CT molecular complexity index is 976. The van der Waals surface area contributed by atoms with E-state index in [-0.39, 0.29) is 17.9 Å². The fraction of sp³-hybridized carbons (Fsp3) is 0.391. The summed E-state index contributed by atoms with van der Waals surface area (Å²) in [6.45, 7) is 0.658. The third kappa shape index (κ3) is 3.39. The van der Waals surface area contributed by atoms with Gasteiger partial charge in [-0.1, -0.05) is 11.6 Å². The zero-order valence-corrected chi connectivity index (χ0v) is 18.1. The fourth-order valence-electron chi connectivity index (χ4n) is 4.55. The Kier molecular flexibility index (Phi) is 5.60. The van der Waals surface area contributed by atoms with Gasteiger partial charge in [-0.2, -0.15) is 0 Å². The third-order valence-corrected chi connectivity index (χ3v) is 6.38. The highest BCUT2D eigenvalue weighted by atomic mass is 35.5. The van der Waals surface area contributed by atoms with Crippen molar-refractivity contribution in [1.29, 1.82) is 0 Å². The quantitative estimate of drug-likeness (QED) is 0.735. The summed E-state index contributed by atoms with van der Waals surface area (Å²) in [5, 5.41) is 0.614. The molecular formula is C23H25ClN2O4. The molecule has 1 saturated heterocycles. The number of methoxy groups -OCH3 is 2. The zero-order chi connectivity index (χ0) is 21.4. The number of hydrogen-bond acceptors (Lipinski definition) is 4. The van der Waals surface area contributed by atoms with Gasteiger partial charge < -0.3 is 19.3 Å². The van der Waals surface area contributed by atoms with Crippen molar-refractivity contribution in [3.05, 3.63) is 52.5 Å². The van der Waals surface area contributed by atoms with Crippen molar-refractivity contribution in [3.63, 3.8) is 0 Å². The maximum Gasteiger partial charge on any atom is 0.254 e. The predicted octanol–water partition coefficient (Wildman–Crippen LogP) is 4.11. The van der Waals surface area contributed by atoms with E-state index in [1.54, 1.807) is 43.3 Å². The molecule has 2 aliphatic heterocycles. The van der Waals surface area contributed by atoms with Crippen molar-refractivity contribution < 1.29 is 19.1 Å². The van der Waals surface area contributed by atoms with E-state index in [2.05, 4.69) is 0 Å². The van der Waals surface area contributed by atoms with Crippen molar-refractivity contribution in [2.75, 3.05) is 32.7 Å². The summed E-state index contributed by atoms with van der Waals surface area (Å²) in [6.07, 6.45) is 2.73. The van der Waals surface area contributed by atoms with Crippen molar-refractivity contribution in [3.8, 4) is 11.5 Å². The Labute approximate surface area is 181 Å². The average molecular weight is 429 g/mol. The molecule has 30 heavy (non-hydrogen) atoms. The number of rotatable bonds is 4. The first-order valence-electron chi connectivity index (χ1n) is 10.1. The number of hydrogen-bond donors (Lipinski definition) is 0. The highest BCUT2D eigenvalue weighted by molar-refractivity contribution is 6.30. The van der Waals surface area contributed by atoms with Crippen LogP contribution < -0.4 is 14.4 Å². The number of amides is 2. The van der Waals surface area contributed by atoms with Gasteiger partial charge in [0.2, 0.25) is 5.91 Å². The second kappa shape index (κ2) is 8.19. The molecule has 0 N–H and O–H groups in total. The maximum atomic E-state index is 13.7. The van der Waals surface area contributed by atoms with Crippen molar-refractivity contribution in [1.82, 2.24) is 4.90 Å². The van der Waals surface area contributed by atoms with Crippen molar-refractivity contribution >= 4 is 29.1 Å². The molecule has 0 aliphatic carbocycles. The van der Waals surface area contributed by atoms with Crippen LogP contribution in [0.5, 0.6) is 11.5 Å². The normalized spacial score (nSPS) is 20.3. The highest BCUT2D eigenvalue weighted by Gasteiger charge is 2.45.